The summed E-state index contributed by atoms with van der Waals surface area (Å²) in [5.41, 5.74) is 3.70. The van der Waals surface area contributed by atoms with Crippen LogP contribution in [0.25, 0.3) is 0 Å². The van der Waals surface area contributed by atoms with E-state index in [2.05, 4.69) is 32.0 Å². The first-order valence-electron chi connectivity index (χ1n) is 6.43. The third kappa shape index (κ3) is 2.46. The summed E-state index contributed by atoms with van der Waals surface area (Å²) >= 11 is 0. The van der Waals surface area contributed by atoms with Crippen molar-refractivity contribution in [2.24, 2.45) is 5.92 Å². The van der Waals surface area contributed by atoms with Crippen molar-refractivity contribution >= 4 is 0 Å². The highest BCUT2D eigenvalue weighted by Gasteiger charge is 2.22. The average Bonchev–Trinajstić information content (AvgIpc) is 2.33. The molecule has 0 spiro atoms. The Morgan fingerprint density at radius 3 is 2.38 bits per heavy atom. The molecule has 1 heteroatoms. The van der Waals surface area contributed by atoms with Gasteiger partial charge in [-0.25, -0.2) is 0 Å². The molecule has 0 aromatic heterocycles. The average molecular weight is 218 g/mol. The first-order valence-corrected chi connectivity index (χ1v) is 6.43. The van der Waals surface area contributed by atoms with Gasteiger partial charge in [-0.05, 0) is 49.3 Å². The van der Waals surface area contributed by atoms with Gasteiger partial charge >= 0.3 is 0 Å². The standard InChI is InChI=1S/C15H22O/c1-11-8-9-14(10-12(11)2)15(16)13-6-4-3-5-7-13/h8-10,13,15-16H,3-7H2,1-2H3. The van der Waals surface area contributed by atoms with Crippen molar-refractivity contribution in [1.29, 1.82) is 0 Å². The molecule has 88 valence electrons. The van der Waals surface area contributed by atoms with E-state index in [0.717, 1.165) is 5.56 Å². The Balaban J connectivity index is 2.12. The van der Waals surface area contributed by atoms with Crippen LogP contribution in [0.15, 0.2) is 18.2 Å². The summed E-state index contributed by atoms with van der Waals surface area (Å²) in [5, 5.41) is 10.4. The van der Waals surface area contributed by atoms with Gasteiger partial charge < -0.3 is 5.11 Å². The van der Waals surface area contributed by atoms with E-state index < -0.39 is 0 Å². The molecule has 1 aliphatic carbocycles. The molecule has 0 saturated heterocycles. The van der Waals surface area contributed by atoms with Crippen molar-refractivity contribution in [1.82, 2.24) is 0 Å². The minimum absolute atomic E-state index is 0.250. The predicted octanol–water partition coefficient (Wildman–Crippen LogP) is 3.92. The molecule has 1 aromatic carbocycles. The first-order chi connectivity index (χ1) is 7.68. The van der Waals surface area contributed by atoms with Gasteiger partial charge in [-0.3, -0.25) is 0 Å². The van der Waals surface area contributed by atoms with Crippen LogP contribution in [-0.4, -0.2) is 5.11 Å². The first kappa shape index (κ1) is 11.7. The summed E-state index contributed by atoms with van der Waals surface area (Å²) in [5.74, 6) is 0.482. The summed E-state index contributed by atoms with van der Waals surface area (Å²) in [6.07, 6.45) is 6.04. The zero-order valence-electron chi connectivity index (χ0n) is 10.4. The number of benzene rings is 1. The van der Waals surface area contributed by atoms with Gasteiger partial charge in [-0.1, -0.05) is 37.5 Å². The lowest BCUT2D eigenvalue weighted by Gasteiger charge is -2.27. The van der Waals surface area contributed by atoms with Crippen molar-refractivity contribution in [3.05, 3.63) is 34.9 Å². The predicted molar refractivity (Wildman–Crippen MR) is 67.5 cm³/mol. The molecule has 1 saturated carbocycles. The molecule has 1 aromatic rings. The van der Waals surface area contributed by atoms with Crippen molar-refractivity contribution in [3.8, 4) is 0 Å². The molecule has 1 unspecified atom stereocenters. The maximum atomic E-state index is 10.4. The van der Waals surface area contributed by atoms with Gasteiger partial charge in [0, 0.05) is 0 Å². The zero-order chi connectivity index (χ0) is 11.5. The Labute approximate surface area is 98.5 Å². The summed E-state index contributed by atoms with van der Waals surface area (Å²) in [6, 6.07) is 6.35. The second-order valence-corrected chi connectivity index (χ2v) is 5.19. The van der Waals surface area contributed by atoms with Gasteiger partial charge in [0.25, 0.3) is 0 Å². The van der Waals surface area contributed by atoms with Gasteiger partial charge in [0.1, 0.15) is 0 Å². The number of rotatable bonds is 2. The molecule has 1 N–H and O–H groups in total. The summed E-state index contributed by atoms with van der Waals surface area (Å²) in [4.78, 5) is 0. The third-order valence-corrected chi connectivity index (χ3v) is 3.97. The monoisotopic (exact) mass is 218 g/mol. The molecule has 1 fully saturated rings. The van der Waals surface area contributed by atoms with Gasteiger partial charge in [-0.2, -0.15) is 0 Å². The van der Waals surface area contributed by atoms with E-state index in [1.54, 1.807) is 0 Å². The fraction of sp³-hybridized carbons (Fsp3) is 0.600. The van der Waals surface area contributed by atoms with Gasteiger partial charge in [0.2, 0.25) is 0 Å². The topological polar surface area (TPSA) is 20.2 Å². The fourth-order valence-electron chi connectivity index (χ4n) is 2.67. The highest BCUT2D eigenvalue weighted by molar-refractivity contribution is 5.31. The lowest BCUT2D eigenvalue weighted by molar-refractivity contribution is 0.0848. The minimum atomic E-state index is -0.250. The van der Waals surface area contributed by atoms with Crippen LogP contribution in [-0.2, 0) is 0 Å². The van der Waals surface area contributed by atoms with Gasteiger partial charge in [-0.15, -0.1) is 0 Å². The van der Waals surface area contributed by atoms with E-state index in [4.69, 9.17) is 0 Å². The quantitative estimate of drug-likeness (QED) is 0.797. The lowest BCUT2D eigenvalue weighted by atomic mass is 9.82. The van der Waals surface area contributed by atoms with Crippen LogP contribution in [0.2, 0.25) is 0 Å². The van der Waals surface area contributed by atoms with Crippen LogP contribution in [0, 0.1) is 19.8 Å². The second kappa shape index (κ2) is 5.01. The van der Waals surface area contributed by atoms with Crippen molar-refractivity contribution in [2.75, 3.05) is 0 Å². The van der Waals surface area contributed by atoms with Crippen LogP contribution in [0.4, 0.5) is 0 Å². The molecule has 1 atom stereocenters. The van der Waals surface area contributed by atoms with Gasteiger partial charge in [0.15, 0.2) is 0 Å². The van der Waals surface area contributed by atoms with Crippen molar-refractivity contribution in [2.45, 2.75) is 52.1 Å². The number of hydrogen-bond donors (Lipinski definition) is 1. The van der Waals surface area contributed by atoms with E-state index in [9.17, 15) is 5.11 Å². The molecule has 0 amide bonds. The SMILES string of the molecule is Cc1ccc(C(O)C2CCCCC2)cc1C. The van der Waals surface area contributed by atoms with Crippen LogP contribution in [0.3, 0.4) is 0 Å². The smallest absolute Gasteiger partial charge is 0.0818 e. The third-order valence-electron chi connectivity index (χ3n) is 3.97. The van der Waals surface area contributed by atoms with E-state index in [0.29, 0.717) is 5.92 Å². The number of aliphatic hydroxyl groups excluding tert-OH is 1. The zero-order valence-corrected chi connectivity index (χ0v) is 10.4. The molecule has 16 heavy (non-hydrogen) atoms. The lowest BCUT2D eigenvalue weighted by Crippen LogP contribution is -2.16. The second-order valence-electron chi connectivity index (χ2n) is 5.19. The maximum absolute atomic E-state index is 10.4. The van der Waals surface area contributed by atoms with Crippen LogP contribution in [0.1, 0.15) is 54.9 Å². The molecule has 0 radical (unpaired) electrons. The summed E-state index contributed by atoms with van der Waals surface area (Å²) in [7, 11) is 0. The Hall–Kier alpha value is -0.820. The number of hydrogen-bond acceptors (Lipinski definition) is 1. The Morgan fingerprint density at radius 2 is 1.75 bits per heavy atom. The minimum Gasteiger partial charge on any atom is -0.388 e. The molecule has 2 rings (SSSR count). The van der Waals surface area contributed by atoms with E-state index in [1.165, 1.54) is 43.2 Å². The Bertz CT molecular complexity index is 350. The van der Waals surface area contributed by atoms with Crippen LogP contribution >= 0.6 is 0 Å². The van der Waals surface area contributed by atoms with Crippen LogP contribution < -0.4 is 0 Å². The molecule has 1 aliphatic rings. The highest BCUT2D eigenvalue weighted by Crippen LogP contribution is 2.34. The van der Waals surface area contributed by atoms with Crippen molar-refractivity contribution < 1.29 is 5.11 Å². The largest absolute Gasteiger partial charge is 0.388 e. The van der Waals surface area contributed by atoms with E-state index in [1.807, 2.05) is 0 Å². The molecular formula is C15H22O. The molecule has 1 nitrogen and oxygen atoms in total. The Kier molecular flexibility index (Phi) is 3.65. The van der Waals surface area contributed by atoms with E-state index >= 15 is 0 Å². The molecular weight excluding hydrogens is 196 g/mol. The van der Waals surface area contributed by atoms with E-state index in [-0.39, 0.29) is 6.10 Å². The van der Waals surface area contributed by atoms with Crippen molar-refractivity contribution in [3.63, 3.8) is 0 Å². The van der Waals surface area contributed by atoms with Crippen LogP contribution in [0.5, 0.6) is 0 Å². The fourth-order valence-corrected chi connectivity index (χ4v) is 2.67. The number of aliphatic hydroxyl groups is 1. The van der Waals surface area contributed by atoms with Gasteiger partial charge in [0.05, 0.1) is 6.10 Å². The Morgan fingerprint density at radius 1 is 1.06 bits per heavy atom. The highest BCUT2D eigenvalue weighted by atomic mass is 16.3. The number of aryl methyl sites for hydroxylation is 2. The summed E-state index contributed by atoms with van der Waals surface area (Å²) < 4.78 is 0. The molecule has 0 heterocycles. The maximum Gasteiger partial charge on any atom is 0.0818 e. The normalized spacial score (nSPS) is 19.7. The molecule has 0 aliphatic heterocycles. The molecule has 0 bridgehead atoms. The summed E-state index contributed by atoms with van der Waals surface area (Å²) in [6.45, 7) is 4.23.